The van der Waals surface area contributed by atoms with Crippen molar-refractivity contribution in [3.05, 3.63) is 22.4 Å². The molecule has 0 spiro atoms. The summed E-state index contributed by atoms with van der Waals surface area (Å²) in [4.78, 5) is 16.8. The van der Waals surface area contributed by atoms with Crippen molar-refractivity contribution in [3.8, 4) is 0 Å². The highest BCUT2D eigenvalue weighted by Crippen LogP contribution is 2.58. The Morgan fingerprint density at radius 3 is 2.50 bits per heavy atom. The first-order chi connectivity index (χ1) is 6.27. The largest absolute Gasteiger partial charge is 0.396 e. The first-order valence-corrected chi connectivity index (χ1v) is 5.98. The zero-order valence-electron chi connectivity index (χ0n) is 6.80. The van der Waals surface area contributed by atoms with Gasteiger partial charge in [0, 0.05) is 4.88 Å². The van der Waals surface area contributed by atoms with Gasteiger partial charge in [-0.3, -0.25) is 4.57 Å². The first-order valence-electron chi connectivity index (χ1n) is 3.49. The van der Waals surface area contributed by atoms with Crippen LogP contribution in [0.2, 0.25) is 0 Å². The zero-order valence-corrected chi connectivity index (χ0v) is 8.51. The number of hydrogen-bond donors (Lipinski definition) is 3. The van der Waals surface area contributed by atoms with E-state index in [0.717, 1.165) is 11.3 Å². The second kappa shape index (κ2) is 3.67. The number of nitrogens with two attached hydrogens (primary N) is 1. The molecule has 1 heterocycles. The van der Waals surface area contributed by atoms with Gasteiger partial charge in [-0.2, -0.15) is 8.78 Å². The van der Waals surface area contributed by atoms with E-state index in [0.29, 0.717) is 0 Å². The van der Waals surface area contributed by atoms with Crippen molar-refractivity contribution in [2.24, 2.45) is 5.73 Å². The molecule has 8 heteroatoms. The Labute approximate surface area is 82.5 Å². The maximum Gasteiger partial charge on any atom is 0.396 e. The molecule has 80 valence electrons. The van der Waals surface area contributed by atoms with Crippen molar-refractivity contribution >= 4 is 18.9 Å². The first kappa shape index (κ1) is 11.7. The highest BCUT2D eigenvalue weighted by molar-refractivity contribution is 7.53. The third-order valence-corrected chi connectivity index (χ3v) is 3.62. The molecule has 0 aliphatic rings. The van der Waals surface area contributed by atoms with Crippen LogP contribution < -0.4 is 5.73 Å². The van der Waals surface area contributed by atoms with E-state index in [4.69, 9.17) is 15.5 Å². The van der Waals surface area contributed by atoms with Crippen molar-refractivity contribution in [1.29, 1.82) is 0 Å². The molecule has 0 aromatic carbocycles. The van der Waals surface area contributed by atoms with Crippen LogP contribution in [0.5, 0.6) is 0 Å². The molecule has 0 amide bonds. The molecule has 1 aromatic heterocycles. The van der Waals surface area contributed by atoms with Gasteiger partial charge in [-0.05, 0) is 11.4 Å². The van der Waals surface area contributed by atoms with E-state index in [1.807, 2.05) is 0 Å². The highest BCUT2D eigenvalue weighted by Gasteiger charge is 2.54. The molecule has 0 aliphatic carbocycles. The Morgan fingerprint density at radius 2 is 2.14 bits per heavy atom. The smallest absolute Gasteiger partial charge is 0.320 e. The van der Waals surface area contributed by atoms with Crippen LogP contribution in [-0.4, -0.2) is 15.5 Å². The summed E-state index contributed by atoms with van der Waals surface area (Å²) in [5.41, 5.74) is 0.847. The van der Waals surface area contributed by atoms with E-state index >= 15 is 0 Å². The van der Waals surface area contributed by atoms with Gasteiger partial charge in [0.1, 0.15) is 6.04 Å². The monoisotopic (exact) mass is 243 g/mol. The summed E-state index contributed by atoms with van der Waals surface area (Å²) in [7, 11) is -5.52. The molecule has 1 rings (SSSR count). The fourth-order valence-electron chi connectivity index (χ4n) is 0.821. The van der Waals surface area contributed by atoms with Gasteiger partial charge in [-0.1, -0.05) is 6.07 Å². The molecule has 4 N–H and O–H groups in total. The van der Waals surface area contributed by atoms with E-state index in [-0.39, 0.29) is 4.88 Å². The van der Waals surface area contributed by atoms with E-state index < -0.39 is 19.3 Å². The second-order valence-corrected chi connectivity index (χ2v) is 5.29. The maximum absolute atomic E-state index is 13.0. The molecular formula is C6H8F2NO3PS. The van der Waals surface area contributed by atoms with Gasteiger partial charge in [0.05, 0.1) is 0 Å². The van der Waals surface area contributed by atoms with Crippen LogP contribution >= 0.6 is 18.9 Å². The molecule has 0 radical (unpaired) electrons. The summed E-state index contributed by atoms with van der Waals surface area (Å²) in [5, 5.41) is 1.50. The van der Waals surface area contributed by atoms with E-state index in [9.17, 15) is 13.3 Å². The zero-order chi connectivity index (χ0) is 11.0. The van der Waals surface area contributed by atoms with E-state index in [1.54, 1.807) is 0 Å². The number of hydrogen-bond acceptors (Lipinski definition) is 3. The predicted molar refractivity (Wildman–Crippen MR) is 48.2 cm³/mol. The van der Waals surface area contributed by atoms with Gasteiger partial charge in [0.25, 0.3) is 0 Å². The van der Waals surface area contributed by atoms with Crippen LogP contribution in [0, 0.1) is 0 Å². The molecule has 14 heavy (non-hydrogen) atoms. The average molecular weight is 243 g/mol. The lowest BCUT2D eigenvalue weighted by Gasteiger charge is -2.22. The van der Waals surface area contributed by atoms with E-state index in [1.165, 1.54) is 17.5 Å². The fourth-order valence-corrected chi connectivity index (χ4v) is 2.18. The molecule has 1 atom stereocenters. The van der Waals surface area contributed by atoms with Gasteiger partial charge in [0.15, 0.2) is 0 Å². The van der Waals surface area contributed by atoms with Gasteiger partial charge in [-0.15, -0.1) is 11.3 Å². The lowest BCUT2D eigenvalue weighted by atomic mass is 10.3. The van der Waals surface area contributed by atoms with Gasteiger partial charge >= 0.3 is 13.3 Å². The Kier molecular flexibility index (Phi) is 3.08. The van der Waals surface area contributed by atoms with Crippen molar-refractivity contribution < 1.29 is 23.1 Å². The topological polar surface area (TPSA) is 83.6 Å². The number of alkyl halides is 2. The highest BCUT2D eigenvalue weighted by atomic mass is 32.1. The number of rotatable bonds is 3. The van der Waals surface area contributed by atoms with Gasteiger partial charge in [0.2, 0.25) is 0 Å². The molecule has 0 unspecified atom stereocenters. The van der Waals surface area contributed by atoms with Crippen molar-refractivity contribution in [2.45, 2.75) is 11.7 Å². The Balaban J connectivity index is 3.00. The molecule has 0 fully saturated rings. The summed E-state index contributed by atoms with van der Waals surface area (Å²) in [6.07, 6.45) is 0. The minimum Gasteiger partial charge on any atom is -0.320 e. The Hall–Kier alpha value is -0.330. The third-order valence-electron chi connectivity index (χ3n) is 1.61. The van der Waals surface area contributed by atoms with Crippen molar-refractivity contribution in [2.75, 3.05) is 0 Å². The van der Waals surface area contributed by atoms with Crippen molar-refractivity contribution in [1.82, 2.24) is 0 Å². The van der Waals surface area contributed by atoms with E-state index in [2.05, 4.69) is 0 Å². The van der Waals surface area contributed by atoms with Crippen LogP contribution in [-0.2, 0) is 4.57 Å². The summed E-state index contributed by atoms with van der Waals surface area (Å²) in [6.45, 7) is 0. The minimum atomic E-state index is -5.52. The quantitative estimate of drug-likeness (QED) is 0.703. The summed E-state index contributed by atoms with van der Waals surface area (Å²) in [5.74, 6) is 0. The predicted octanol–water partition coefficient (Wildman–Crippen LogP) is 1.52. The lowest BCUT2D eigenvalue weighted by molar-refractivity contribution is 0.0335. The average Bonchev–Trinajstić information content (AvgIpc) is 2.52. The number of thiophene rings is 1. The van der Waals surface area contributed by atoms with Crippen LogP contribution in [0.4, 0.5) is 8.78 Å². The summed E-state index contributed by atoms with van der Waals surface area (Å²) >= 11 is 0.926. The molecule has 0 saturated heterocycles. The molecule has 1 aromatic rings. The fraction of sp³-hybridized carbons (Fsp3) is 0.333. The molecule has 0 aliphatic heterocycles. The standard InChI is InChI=1S/C6H8F2NO3PS/c7-6(8,13(10,11)12)5(9)4-2-1-3-14-4/h1-3,5H,9H2,(H2,10,11,12)/t5-/m0/s1. The van der Waals surface area contributed by atoms with Gasteiger partial charge in [-0.25, -0.2) is 0 Å². The van der Waals surface area contributed by atoms with Crippen LogP contribution in [0.15, 0.2) is 17.5 Å². The van der Waals surface area contributed by atoms with Crippen molar-refractivity contribution in [3.63, 3.8) is 0 Å². The van der Waals surface area contributed by atoms with Gasteiger partial charge < -0.3 is 15.5 Å². The summed E-state index contributed by atoms with van der Waals surface area (Å²) in [6, 6.07) is 0.817. The lowest BCUT2D eigenvalue weighted by Crippen LogP contribution is -2.32. The number of halogens is 2. The third kappa shape index (κ3) is 2.02. The van der Waals surface area contributed by atoms with Crippen LogP contribution in [0.3, 0.4) is 0 Å². The maximum atomic E-state index is 13.0. The van der Waals surface area contributed by atoms with Crippen LogP contribution in [0.25, 0.3) is 0 Å². The minimum absolute atomic E-state index is 0.0401. The molecule has 4 nitrogen and oxygen atoms in total. The normalized spacial score (nSPS) is 15.5. The summed E-state index contributed by atoms with van der Waals surface area (Å²) < 4.78 is 36.5. The Bertz CT molecular complexity index is 350. The molecular weight excluding hydrogens is 235 g/mol. The molecule has 0 bridgehead atoms. The molecule has 0 saturated carbocycles. The van der Waals surface area contributed by atoms with Crippen LogP contribution in [0.1, 0.15) is 10.9 Å². The Morgan fingerprint density at radius 1 is 1.57 bits per heavy atom. The SMILES string of the molecule is N[C@@H](c1cccs1)C(F)(F)P(=O)(O)O. The second-order valence-electron chi connectivity index (χ2n) is 2.62.